The van der Waals surface area contributed by atoms with Gasteiger partial charge in [0.05, 0.1) is 19.3 Å². The van der Waals surface area contributed by atoms with Crippen molar-refractivity contribution in [1.82, 2.24) is 9.62 Å². The molecule has 1 aliphatic rings. The highest BCUT2D eigenvalue weighted by Gasteiger charge is 2.26. The number of carbonyl (C=O) groups excluding carboxylic acids is 1. The molecule has 1 aliphatic heterocycles. The van der Waals surface area contributed by atoms with Crippen LogP contribution in [0.2, 0.25) is 0 Å². The van der Waals surface area contributed by atoms with Gasteiger partial charge in [0.1, 0.15) is 5.75 Å². The number of ether oxygens (including phenoxy) is 1. The maximum Gasteiger partial charge on any atom is 0.224 e. The lowest BCUT2D eigenvalue weighted by Crippen LogP contribution is -2.40. The Bertz CT molecular complexity index is 1000. The molecule has 0 saturated carbocycles. The largest absolute Gasteiger partial charge is 0.497 e. The van der Waals surface area contributed by atoms with Crippen LogP contribution in [-0.4, -0.2) is 49.8 Å². The summed E-state index contributed by atoms with van der Waals surface area (Å²) in [6.07, 6.45) is 0.898. The van der Waals surface area contributed by atoms with Gasteiger partial charge in [-0.2, -0.15) is 4.31 Å². The van der Waals surface area contributed by atoms with E-state index in [0.717, 1.165) is 22.4 Å². The van der Waals surface area contributed by atoms with Crippen LogP contribution in [-0.2, 0) is 34.2 Å². The Morgan fingerprint density at radius 2 is 1.90 bits per heavy atom. The van der Waals surface area contributed by atoms with Crippen LogP contribution in [0.1, 0.15) is 30.5 Å². The molecule has 3 rings (SSSR count). The maximum atomic E-state index is 12.7. The molecule has 0 saturated heterocycles. The maximum absolute atomic E-state index is 12.7. The van der Waals surface area contributed by atoms with Crippen molar-refractivity contribution in [2.75, 3.05) is 26.0 Å². The summed E-state index contributed by atoms with van der Waals surface area (Å²) in [6.45, 7) is 5.18. The molecule has 0 atom stereocenters. The predicted octanol–water partition coefficient (Wildman–Crippen LogP) is 3.24. The second kappa shape index (κ2) is 10.5. The zero-order chi connectivity index (χ0) is 22.4. The third kappa shape index (κ3) is 6.72. The van der Waals surface area contributed by atoms with Gasteiger partial charge in [0.25, 0.3) is 0 Å². The number of thioether (sulfide) groups is 1. The highest BCUT2D eigenvalue weighted by atomic mass is 32.2. The van der Waals surface area contributed by atoms with Crippen LogP contribution in [0.5, 0.6) is 5.75 Å². The van der Waals surface area contributed by atoms with Gasteiger partial charge >= 0.3 is 0 Å². The molecule has 0 unspecified atom stereocenters. The molecular formula is C23H30N2O4S2. The fourth-order valence-electron chi connectivity index (χ4n) is 3.52. The number of hydrogen-bond donors (Lipinski definition) is 1. The standard InChI is InChI=1S/C23H30N2O4S2/c1-17(2)30-22-8-4-18(5-9-22)14-23(26)24-11-13-31(27,28)25-12-10-19-15-21(29-3)7-6-20(19)16-25/h4-9,15,17H,10-14,16H2,1-3H3,(H,24,26). The van der Waals surface area contributed by atoms with Crippen LogP contribution in [0.4, 0.5) is 0 Å². The van der Waals surface area contributed by atoms with Gasteiger partial charge in [-0.1, -0.05) is 32.0 Å². The lowest BCUT2D eigenvalue weighted by Gasteiger charge is -2.28. The SMILES string of the molecule is COc1ccc2c(c1)CCN(S(=O)(=O)CCNC(=O)Cc1ccc(SC(C)C)cc1)C2. The van der Waals surface area contributed by atoms with Crippen molar-refractivity contribution in [3.63, 3.8) is 0 Å². The Hall–Kier alpha value is -2.03. The van der Waals surface area contributed by atoms with Gasteiger partial charge in [-0.15, -0.1) is 11.8 Å². The molecule has 1 N–H and O–H groups in total. The molecule has 0 radical (unpaired) electrons. The summed E-state index contributed by atoms with van der Waals surface area (Å²) in [5.74, 6) is 0.510. The minimum atomic E-state index is -3.44. The third-order valence-corrected chi connectivity index (χ3v) is 7.96. The number of methoxy groups -OCH3 is 1. The van der Waals surface area contributed by atoms with Gasteiger partial charge in [-0.25, -0.2) is 8.42 Å². The van der Waals surface area contributed by atoms with Crippen LogP contribution < -0.4 is 10.1 Å². The quantitative estimate of drug-likeness (QED) is 0.579. The lowest BCUT2D eigenvalue weighted by atomic mass is 10.0. The van der Waals surface area contributed by atoms with E-state index in [0.29, 0.717) is 24.8 Å². The van der Waals surface area contributed by atoms with E-state index < -0.39 is 10.0 Å². The number of fused-ring (bicyclic) bond motifs is 1. The van der Waals surface area contributed by atoms with Crippen molar-refractivity contribution in [2.24, 2.45) is 0 Å². The number of sulfonamides is 1. The molecular weight excluding hydrogens is 432 g/mol. The van der Waals surface area contributed by atoms with Crippen molar-refractivity contribution < 1.29 is 17.9 Å². The minimum absolute atomic E-state index is 0.103. The normalized spacial score (nSPS) is 14.3. The van der Waals surface area contributed by atoms with Crippen LogP contribution >= 0.6 is 11.8 Å². The van der Waals surface area contributed by atoms with Gasteiger partial charge in [0.2, 0.25) is 15.9 Å². The number of nitrogens with zero attached hydrogens (tertiary/aromatic N) is 1. The highest BCUT2D eigenvalue weighted by Crippen LogP contribution is 2.25. The van der Waals surface area contributed by atoms with Crippen molar-refractivity contribution in [1.29, 1.82) is 0 Å². The molecule has 0 aromatic heterocycles. The summed E-state index contributed by atoms with van der Waals surface area (Å²) in [7, 11) is -1.82. The fraction of sp³-hybridized carbons (Fsp3) is 0.435. The van der Waals surface area contributed by atoms with Crippen molar-refractivity contribution in [2.45, 2.75) is 43.4 Å². The molecule has 0 aliphatic carbocycles. The zero-order valence-corrected chi connectivity index (χ0v) is 19.9. The number of amides is 1. The summed E-state index contributed by atoms with van der Waals surface area (Å²) < 4.78 is 32.2. The summed E-state index contributed by atoms with van der Waals surface area (Å²) in [4.78, 5) is 13.4. The van der Waals surface area contributed by atoms with Gasteiger partial charge in [-0.3, -0.25) is 4.79 Å². The second-order valence-corrected chi connectivity index (χ2v) is 11.6. The topological polar surface area (TPSA) is 75.7 Å². The molecule has 8 heteroatoms. The van der Waals surface area contributed by atoms with Gasteiger partial charge < -0.3 is 10.1 Å². The number of hydrogen-bond acceptors (Lipinski definition) is 5. The molecule has 1 amide bonds. The fourth-order valence-corrected chi connectivity index (χ4v) is 5.68. The smallest absolute Gasteiger partial charge is 0.224 e. The van der Waals surface area contributed by atoms with E-state index in [9.17, 15) is 13.2 Å². The van der Waals surface area contributed by atoms with E-state index in [1.165, 1.54) is 9.20 Å². The van der Waals surface area contributed by atoms with Crippen LogP contribution in [0.3, 0.4) is 0 Å². The van der Waals surface area contributed by atoms with E-state index in [2.05, 4.69) is 19.2 Å². The molecule has 2 aromatic carbocycles. The predicted molar refractivity (Wildman–Crippen MR) is 125 cm³/mol. The second-order valence-electron chi connectivity index (χ2n) is 7.87. The van der Waals surface area contributed by atoms with Crippen LogP contribution in [0.15, 0.2) is 47.4 Å². The van der Waals surface area contributed by atoms with Crippen molar-refractivity contribution >= 4 is 27.7 Å². The molecule has 31 heavy (non-hydrogen) atoms. The Morgan fingerprint density at radius 3 is 2.58 bits per heavy atom. The Morgan fingerprint density at radius 1 is 1.16 bits per heavy atom. The first kappa shape index (κ1) is 23.6. The molecule has 1 heterocycles. The molecule has 2 aromatic rings. The Balaban J connectivity index is 1.47. The first-order valence-corrected chi connectivity index (χ1v) is 12.9. The first-order chi connectivity index (χ1) is 14.8. The minimum Gasteiger partial charge on any atom is -0.497 e. The van der Waals surface area contributed by atoms with E-state index >= 15 is 0 Å². The van der Waals surface area contributed by atoms with Crippen LogP contribution in [0.25, 0.3) is 0 Å². The molecule has 0 fully saturated rings. The van der Waals surface area contributed by atoms with Crippen molar-refractivity contribution in [3.8, 4) is 5.75 Å². The average molecular weight is 463 g/mol. The molecule has 6 nitrogen and oxygen atoms in total. The molecule has 168 valence electrons. The van der Waals surface area contributed by atoms with Gasteiger partial charge in [-0.05, 0) is 47.4 Å². The summed E-state index contributed by atoms with van der Waals surface area (Å²) in [5, 5.41) is 3.25. The van der Waals surface area contributed by atoms with E-state index in [1.54, 1.807) is 18.9 Å². The van der Waals surface area contributed by atoms with Crippen molar-refractivity contribution in [3.05, 3.63) is 59.2 Å². The number of nitrogens with one attached hydrogen (secondary N) is 1. The summed E-state index contributed by atoms with van der Waals surface area (Å²) in [6, 6.07) is 13.7. The molecule has 0 bridgehead atoms. The number of carbonyl (C=O) groups is 1. The first-order valence-electron chi connectivity index (χ1n) is 10.4. The van der Waals surface area contributed by atoms with Gasteiger partial charge in [0.15, 0.2) is 0 Å². The monoisotopic (exact) mass is 462 g/mol. The Labute approximate surface area is 189 Å². The van der Waals surface area contributed by atoms with E-state index in [-0.39, 0.29) is 24.6 Å². The summed E-state index contributed by atoms with van der Waals surface area (Å²) >= 11 is 1.78. The van der Waals surface area contributed by atoms with E-state index in [1.807, 2.05) is 42.5 Å². The summed E-state index contributed by atoms with van der Waals surface area (Å²) in [5.41, 5.74) is 3.03. The van der Waals surface area contributed by atoms with E-state index in [4.69, 9.17) is 4.74 Å². The number of rotatable bonds is 9. The number of benzene rings is 2. The zero-order valence-electron chi connectivity index (χ0n) is 18.3. The van der Waals surface area contributed by atoms with Crippen LogP contribution in [0, 0.1) is 0 Å². The third-order valence-electron chi connectivity index (χ3n) is 5.13. The van der Waals surface area contributed by atoms with Gasteiger partial charge in [0, 0.05) is 29.8 Å². The molecule has 0 spiro atoms. The Kier molecular flexibility index (Phi) is 8.02. The average Bonchev–Trinajstić information content (AvgIpc) is 2.73. The highest BCUT2D eigenvalue weighted by molar-refractivity contribution is 7.99. The lowest BCUT2D eigenvalue weighted by molar-refractivity contribution is -0.120.